The molecule has 1 aromatic rings. The first-order chi connectivity index (χ1) is 11.9. The van der Waals surface area contributed by atoms with Gasteiger partial charge in [-0.25, -0.2) is 9.59 Å². The highest BCUT2D eigenvalue weighted by molar-refractivity contribution is 14.1. The van der Waals surface area contributed by atoms with E-state index in [2.05, 4.69) is 9.47 Å². The van der Waals surface area contributed by atoms with E-state index < -0.39 is 18.6 Å². The molecule has 2 rings (SSSR count). The number of carbonyl (C=O) groups excluding carboxylic acids is 2. The van der Waals surface area contributed by atoms with E-state index >= 15 is 0 Å². The smallest absolute Gasteiger partial charge is 0.387 e. The highest BCUT2D eigenvalue weighted by Crippen LogP contribution is 2.33. The van der Waals surface area contributed by atoms with Crippen LogP contribution in [-0.4, -0.2) is 46.1 Å². The number of halogens is 3. The second-order valence-electron chi connectivity index (χ2n) is 4.71. The lowest BCUT2D eigenvalue weighted by Crippen LogP contribution is -2.39. The van der Waals surface area contributed by atoms with Crippen LogP contribution in [0.1, 0.15) is 0 Å². The lowest BCUT2D eigenvalue weighted by molar-refractivity contribution is -0.140. The van der Waals surface area contributed by atoms with Gasteiger partial charge >= 0.3 is 18.6 Å². The number of hydrogen-bond acceptors (Lipinski definition) is 7. The molecule has 0 N–H and O–H groups in total. The third-order valence-electron chi connectivity index (χ3n) is 3.27. The molecular weight excluding hydrogens is 455 g/mol. The molecule has 7 nitrogen and oxygen atoms in total. The van der Waals surface area contributed by atoms with Crippen molar-refractivity contribution in [2.24, 2.45) is 0 Å². The van der Waals surface area contributed by atoms with Crippen LogP contribution in [-0.2, 0) is 23.8 Å². The van der Waals surface area contributed by atoms with E-state index in [4.69, 9.17) is 9.47 Å². The molecule has 0 aliphatic carbocycles. The summed E-state index contributed by atoms with van der Waals surface area (Å²) in [5.74, 6) is -1.50. The first-order valence-electron chi connectivity index (χ1n) is 6.88. The van der Waals surface area contributed by atoms with Crippen molar-refractivity contribution in [3.05, 3.63) is 33.0 Å². The van der Waals surface area contributed by atoms with Crippen LogP contribution in [0.15, 0.2) is 29.5 Å². The Hall–Kier alpha value is -1.95. The van der Waals surface area contributed by atoms with Crippen LogP contribution in [0.5, 0.6) is 5.75 Å². The summed E-state index contributed by atoms with van der Waals surface area (Å²) in [5, 5.41) is 0. The van der Waals surface area contributed by atoms with E-state index in [9.17, 15) is 18.4 Å². The minimum atomic E-state index is -2.95. The van der Waals surface area contributed by atoms with Gasteiger partial charge in [-0.15, -0.1) is 0 Å². The Balaban J connectivity index is 2.48. The Morgan fingerprint density at radius 2 is 1.92 bits per heavy atom. The molecular formula is C15H14F2INO6. The average Bonchev–Trinajstić information content (AvgIpc) is 2.59. The van der Waals surface area contributed by atoms with Crippen molar-refractivity contribution in [2.45, 2.75) is 6.61 Å². The normalized spacial score (nSPS) is 14.6. The van der Waals surface area contributed by atoms with Gasteiger partial charge in [-0.2, -0.15) is 8.78 Å². The second-order valence-corrected chi connectivity index (χ2v) is 5.87. The predicted molar refractivity (Wildman–Crippen MR) is 90.1 cm³/mol. The van der Waals surface area contributed by atoms with Gasteiger partial charge in [-0.05, 0) is 40.8 Å². The quantitative estimate of drug-likeness (QED) is 0.484. The maximum absolute atomic E-state index is 12.3. The molecule has 1 heterocycles. The SMILES string of the molecule is COC(=O)C1=C(C(=O)OC)N(c2ccc(OC(F)F)cc2I)COC1. The molecule has 1 aromatic carbocycles. The molecule has 1 aliphatic heterocycles. The molecule has 1 aliphatic rings. The van der Waals surface area contributed by atoms with Crippen LogP contribution >= 0.6 is 22.6 Å². The van der Waals surface area contributed by atoms with Crippen molar-refractivity contribution in [3.8, 4) is 5.75 Å². The number of ether oxygens (including phenoxy) is 4. The summed E-state index contributed by atoms with van der Waals surface area (Å²) >= 11 is 1.90. The molecule has 0 bridgehead atoms. The third kappa shape index (κ3) is 4.37. The summed E-state index contributed by atoms with van der Waals surface area (Å²) in [5.41, 5.74) is 0.439. The topological polar surface area (TPSA) is 74.3 Å². The van der Waals surface area contributed by atoms with Crippen molar-refractivity contribution >= 4 is 40.2 Å². The van der Waals surface area contributed by atoms with Crippen molar-refractivity contribution in [1.29, 1.82) is 0 Å². The number of rotatable bonds is 5. The maximum Gasteiger partial charge on any atom is 0.387 e. The number of alkyl halides is 2. The summed E-state index contributed by atoms with van der Waals surface area (Å²) in [6, 6.07) is 4.18. The molecule has 0 amide bonds. The van der Waals surface area contributed by atoms with E-state index in [1.165, 1.54) is 37.3 Å². The fraction of sp³-hybridized carbons (Fsp3) is 0.333. The van der Waals surface area contributed by atoms with Gasteiger partial charge in [0.15, 0.2) is 0 Å². The van der Waals surface area contributed by atoms with E-state index in [0.29, 0.717) is 9.26 Å². The number of carbonyl (C=O) groups is 2. The molecule has 0 aromatic heterocycles. The Morgan fingerprint density at radius 1 is 1.24 bits per heavy atom. The lowest BCUT2D eigenvalue weighted by atomic mass is 10.1. The number of hydrogen-bond donors (Lipinski definition) is 0. The second kappa shape index (κ2) is 8.43. The molecule has 0 saturated heterocycles. The minimum absolute atomic E-state index is 0.00399. The summed E-state index contributed by atoms with van der Waals surface area (Å²) < 4.78 is 44.3. The molecule has 25 heavy (non-hydrogen) atoms. The van der Waals surface area contributed by atoms with Gasteiger partial charge in [-0.3, -0.25) is 0 Å². The van der Waals surface area contributed by atoms with E-state index in [-0.39, 0.29) is 30.4 Å². The number of anilines is 1. The number of esters is 2. The van der Waals surface area contributed by atoms with Gasteiger partial charge in [0.05, 0.1) is 32.1 Å². The number of methoxy groups -OCH3 is 2. The number of benzene rings is 1. The molecule has 0 saturated carbocycles. The highest BCUT2D eigenvalue weighted by Gasteiger charge is 2.33. The monoisotopic (exact) mass is 469 g/mol. The predicted octanol–water partition coefficient (Wildman–Crippen LogP) is 2.29. The average molecular weight is 469 g/mol. The fourth-order valence-electron chi connectivity index (χ4n) is 2.22. The molecule has 0 fully saturated rings. The van der Waals surface area contributed by atoms with E-state index in [1.807, 2.05) is 22.6 Å². The minimum Gasteiger partial charge on any atom is -0.466 e. The van der Waals surface area contributed by atoms with Crippen molar-refractivity contribution < 1.29 is 37.3 Å². The van der Waals surface area contributed by atoms with E-state index in [1.54, 1.807) is 0 Å². The van der Waals surface area contributed by atoms with Gasteiger partial charge in [0.25, 0.3) is 0 Å². The van der Waals surface area contributed by atoms with Gasteiger partial charge in [0.1, 0.15) is 18.2 Å². The standard InChI is InChI=1S/C15H14F2INO6/c1-22-13(20)9-6-24-7-19(12(9)14(21)23-2)11-4-3-8(5-10(11)18)25-15(16)17/h3-5,15H,6-7H2,1-2H3. The van der Waals surface area contributed by atoms with Crippen LogP contribution in [0.4, 0.5) is 14.5 Å². The van der Waals surface area contributed by atoms with Crippen molar-refractivity contribution in [2.75, 3.05) is 32.5 Å². The maximum atomic E-state index is 12.3. The van der Waals surface area contributed by atoms with Crippen LogP contribution in [0, 0.1) is 3.57 Å². The largest absolute Gasteiger partial charge is 0.466 e. The summed E-state index contributed by atoms with van der Waals surface area (Å²) in [6.45, 7) is -3.09. The molecule has 0 radical (unpaired) electrons. The molecule has 10 heteroatoms. The fourth-order valence-corrected chi connectivity index (χ4v) is 2.99. The van der Waals surface area contributed by atoms with Crippen LogP contribution < -0.4 is 9.64 Å². The van der Waals surface area contributed by atoms with Crippen LogP contribution in [0.25, 0.3) is 0 Å². The van der Waals surface area contributed by atoms with Crippen molar-refractivity contribution in [1.82, 2.24) is 0 Å². The zero-order chi connectivity index (χ0) is 18.6. The number of nitrogens with zero attached hydrogens (tertiary/aromatic N) is 1. The van der Waals surface area contributed by atoms with E-state index in [0.717, 1.165) is 0 Å². The van der Waals surface area contributed by atoms with Gasteiger partial charge in [-0.1, -0.05) is 0 Å². The highest BCUT2D eigenvalue weighted by atomic mass is 127. The van der Waals surface area contributed by atoms with Gasteiger partial charge in [0, 0.05) is 3.57 Å². The Labute approximate surface area is 155 Å². The van der Waals surface area contributed by atoms with Gasteiger partial charge < -0.3 is 23.8 Å². The zero-order valence-corrected chi connectivity index (χ0v) is 15.4. The third-order valence-corrected chi connectivity index (χ3v) is 4.13. The van der Waals surface area contributed by atoms with Gasteiger partial charge in [0.2, 0.25) is 0 Å². The zero-order valence-electron chi connectivity index (χ0n) is 13.3. The van der Waals surface area contributed by atoms with Crippen molar-refractivity contribution in [3.63, 3.8) is 0 Å². The first-order valence-corrected chi connectivity index (χ1v) is 7.96. The van der Waals surface area contributed by atoms with Crippen LogP contribution in [0.3, 0.4) is 0 Å². The summed E-state index contributed by atoms with van der Waals surface area (Å²) in [6.07, 6.45) is 0. The first kappa shape index (κ1) is 19.4. The summed E-state index contributed by atoms with van der Waals surface area (Å²) in [7, 11) is 2.37. The molecule has 0 atom stereocenters. The van der Waals surface area contributed by atoms with Crippen LogP contribution in [0.2, 0.25) is 0 Å². The molecule has 0 spiro atoms. The lowest BCUT2D eigenvalue weighted by Gasteiger charge is -2.32. The Bertz CT molecular complexity index is 709. The molecule has 0 unspecified atom stereocenters. The Kier molecular flexibility index (Phi) is 6.53. The Morgan fingerprint density at radius 3 is 2.48 bits per heavy atom. The summed E-state index contributed by atoms with van der Waals surface area (Å²) in [4.78, 5) is 25.5. The molecule has 136 valence electrons.